The van der Waals surface area contributed by atoms with E-state index in [-0.39, 0.29) is 18.1 Å². The second kappa shape index (κ2) is 9.08. The van der Waals surface area contributed by atoms with Crippen LogP contribution in [0.5, 0.6) is 0 Å². The summed E-state index contributed by atoms with van der Waals surface area (Å²) in [6, 6.07) is 22.3. The van der Waals surface area contributed by atoms with E-state index in [4.69, 9.17) is 16.6 Å². The maximum absolute atomic E-state index is 13.3. The monoisotopic (exact) mass is 448 g/mol. The predicted molar refractivity (Wildman–Crippen MR) is 129 cm³/mol. The van der Waals surface area contributed by atoms with Crippen molar-refractivity contribution in [1.29, 1.82) is 0 Å². The van der Waals surface area contributed by atoms with E-state index < -0.39 is 5.25 Å². The quantitative estimate of drug-likeness (QED) is 0.426. The molecule has 1 amide bonds. The minimum atomic E-state index is -0.534. The molecule has 0 N–H and O–H groups in total. The van der Waals surface area contributed by atoms with E-state index >= 15 is 0 Å². The van der Waals surface area contributed by atoms with Crippen molar-refractivity contribution >= 4 is 51.6 Å². The summed E-state index contributed by atoms with van der Waals surface area (Å²) in [5, 5.41) is 0.612. The van der Waals surface area contributed by atoms with Gasteiger partial charge in [-0.15, -0.1) is 0 Å². The molecule has 0 aliphatic carbocycles. The van der Waals surface area contributed by atoms with Crippen molar-refractivity contribution in [2.45, 2.75) is 25.5 Å². The first-order chi connectivity index (χ1) is 14.9. The van der Waals surface area contributed by atoms with Gasteiger partial charge in [0.15, 0.2) is 11.0 Å². The smallest absolute Gasteiger partial charge is 0.247 e. The molecule has 0 spiro atoms. The third-order valence-corrected chi connectivity index (χ3v) is 6.41. The summed E-state index contributed by atoms with van der Waals surface area (Å²) in [5.41, 5.74) is 4.30. The highest BCUT2D eigenvalue weighted by molar-refractivity contribution is 8.16. The zero-order valence-electron chi connectivity index (χ0n) is 17.2. The predicted octanol–water partition coefficient (Wildman–Crippen LogP) is 6.37. The number of hydrogen-bond acceptors (Lipinski definition) is 4. The Morgan fingerprint density at radius 1 is 0.935 bits per heavy atom. The van der Waals surface area contributed by atoms with Crippen LogP contribution >= 0.6 is 23.4 Å². The lowest BCUT2D eigenvalue weighted by atomic mass is 10.1. The zero-order chi connectivity index (χ0) is 22.0. The number of rotatable bonds is 5. The molecular weight excluding hydrogens is 428 g/mol. The van der Waals surface area contributed by atoms with Crippen molar-refractivity contribution < 1.29 is 9.59 Å². The molecule has 1 fully saturated rings. The lowest BCUT2D eigenvalue weighted by Crippen LogP contribution is -2.32. The first-order valence-electron chi connectivity index (χ1n) is 9.92. The van der Waals surface area contributed by atoms with E-state index in [0.717, 1.165) is 22.5 Å². The molecule has 1 aliphatic heterocycles. The highest BCUT2D eigenvalue weighted by Crippen LogP contribution is 2.36. The first kappa shape index (κ1) is 21.3. The Balaban J connectivity index is 1.64. The Bertz CT molecular complexity index is 1140. The van der Waals surface area contributed by atoms with Gasteiger partial charge in [0.2, 0.25) is 5.91 Å². The van der Waals surface area contributed by atoms with E-state index in [9.17, 15) is 9.59 Å². The Morgan fingerprint density at radius 3 is 2.13 bits per heavy atom. The molecule has 0 radical (unpaired) electrons. The highest BCUT2D eigenvalue weighted by Gasteiger charge is 2.40. The summed E-state index contributed by atoms with van der Waals surface area (Å²) in [6.45, 7) is 4.01. The van der Waals surface area contributed by atoms with Crippen LogP contribution in [-0.4, -0.2) is 22.1 Å². The fraction of sp³-hybridized carbons (Fsp3) is 0.160. The largest absolute Gasteiger partial charge is 0.294 e. The van der Waals surface area contributed by atoms with Crippen LogP contribution in [0.25, 0.3) is 0 Å². The van der Waals surface area contributed by atoms with E-state index in [1.807, 2.05) is 62.4 Å². The van der Waals surface area contributed by atoms with Crippen LogP contribution in [0.15, 0.2) is 77.8 Å². The van der Waals surface area contributed by atoms with Gasteiger partial charge in [-0.2, -0.15) is 0 Å². The van der Waals surface area contributed by atoms with Crippen molar-refractivity contribution in [3.05, 3.63) is 94.5 Å². The number of anilines is 1. The second-order valence-electron chi connectivity index (χ2n) is 7.48. The average Bonchev–Trinajstić information content (AvgIpc) is 3.05. The average molecular weight is 449 g/mol. The molecule has 6 heteroatoms. The maximum atomic E-state index is 13.3. The summed E-state index contributed by atoms with van der Waals surface area (Å²) < 4.78 is 0. The van der Waals surface area contributed by atoms with Crippen LogP contribution in [0.3, 0.4) is 0 Å². The first-order valence-corrected chi connectivity index (χ1v) is 11.2. The van der Waals surface area contributed by atoms with Crippen LogP contribution in [0, 0.1) is 13.8 Å². The number of ketones is 1. The van der Waals surface area contributed by atoms with Gasteiger partial charge >= 0.3 is 0 Å². The number of nitrogens with zero attached hydrogens (tertiary/aromatic N) is 2. The summed E-state index contributed by atoms with van der Waals surface area (Å²) in [5.74, 6) is -0.231. The Kier molecular flexibility index (Phi) is 6.25. The molecule has 4 rings (SSSR count). The van der Waals surface area contributed by atoms with Crippen LogP contribution in [0.1, 0.15) is 27.9 Å². The van der Waals surface area contributed by atoms with E-state index in [0.29, 0.717) is 15.8 Å². The molecule has 0 saturated carbocycles. The molecule has 3 aromatic rings. The number of thioether (sulfide) groups is 1. The third-order valence-electron chi connectivity index (χ3n) is 5.02. The van der Waals surface area contributed by atoms with E-state index in [2.05, 4.69) is 0 Å². The molecule has 1 heterocycles. The van der Waals surface area contributed by atoms with Gasteiger partial charge in [-0.1, -0.05) is 58.8 Å². The van der Waals surface area contributed by atoms with Crippen LogP contribution in [-0.2, 0) is 4.79 Å². The molecule has 1 atom stereocenters. The van der Waals surface area contributed by atoms with Crippen molar-refractivity contribution in [2.75, 3.05) is 4.90 Å². The van der Waals surface area contributed by atoms with Gasteiger partial charge < -0.3 is 0 Å². The van der Waals surface area contributed by atoms with E-state index in [1.54, 1.807) is 29.2 Å². The summed E-state index contributed by atoms with van der Waals surface area (Å²) in [7, 11) is 0. The standard InChI is InChI=1S/C25H21ClN2O2S/c1-16-3-11-20(12-4-16)27-25-28(21-13-5-17(2)6-14-21)24(30)23(31-25)15-22(29)18-7-9-19(26)10-8-18/h3-14,23H,15H2,1-2H3. The normalized spacial score (nSPS) is 17.4. The number of benzene rings is 3. The van der Waals surface area contributed by atoms with Crippen molar-refractivity contribution in [2.24, 2.45) is 4.99 Å². The van der Waals surface area contributed by atoms with Crippen LogP contribution in [0.4, 0.5) is 11.4 Å². The second-order valence-corrected chi connectivity index (χ2v) is 9.09. The van der Waals surface area contributed by atoms with Gasteiger partial charge in [0.25, 0.3) is 0 Å². The van der Waals surface area contributed by atoms with Gasteiger partial charge in [-0.05, 0) is 62.4 Å². The SMILES string of the molecule is Cc1ccc(N=C2SC(CC(=O)c3ccc(Cl)cc3)C(=O)N2c2ccc(C)cc2)cc1. The molecule has 156 valence electrons. The van der Waals surface area contributed by atoms with Gasteiger partial charge in [0.05, 0.1) is 16.6 Å². The van der Waals surface area contributed by atoms with Gasteiger partial charge in [-0.3, -0.25) is 14.5 Å². The number of amidine groups is 1. The molecule has 4 nitrogen and oxygen atoms in total. The molecule has 31 heavy (non-hydrogen) atoms. The minimum Gasteiger partial charge on any atom is -0.294 e. The number of Topliss-reactive ketones (excluding diaryl/α,β-unsaturated/α-hetero) is 1. The maximum Gasteiger partial charge on any atom is 0.247 e. The number of aryl methyl sites for hydroxylation is 2. The molecular formula is C25H21ClN2O2S. The zero-order valence-corrected chi connectivity index (χ0v) is 18.8. The molecule has 0 bridgehead atoms. The third kappa shape index (κ3) is 4.89. The van der Waals surface area contributed by atoms with Crippen LogP contribution < -0.4 is 4.90 Å². The Hall–Kier alpha value is -2.89. The number of aliphatic imine (C=N–C) groups is 1. The van der Waals surface area contributed by atoms with E-state index in [1.165, 1.54) is 11.8 Å². The number of hydrogen-bond donors (Lipinski definition) is 0. The molecule has 1 aliphatic rings. The van der Waals surface area contributed by atoms with Crippen molar-refractivity contribution in [3.8, 4) is 0 Å². The van der Waals surface area contributed by atoms with Gasteiger partial charge in [-0.25, -0.2) is 4.99 Å². The van der Waals surface area contributed by atoms with Crippen LogP contribution in [0.2, 0.25) is 5.02 Å². The molecule has 1 unspecified atom stereocenters. The topological polar surface area (TPSA) is 49.7 Å². The lowest BCUT2D eigenvalue weighted by molar-refractivity contribution is -0.116. The van der Waals surface area contributed by atoms with Gasteiger partial charge in [0.1, 0.15) is 0 Å². The number of halogens is 1. The fourth-order valence-corrected chi connectivity index (χ4v) is 4.54. The van der Waals surface area contributed by atoms with Crippen molar-refractivity contribution in [1.82, 2.24) is 0 Å². The fourth-order valence-electron chi connectivity index (χ4n) is 3.26. The Morgan fingerprint density at radius 2 is 1.52 bits per heavy atom. The molecule has 1 saturated heterocycles. The highest BCUT2D eigenvalue weighted by atomic mass is 35.5. The number of carbonyl (C=O) groups excluding carboxylic acids is 2. The van der Waals surface area contributed by atoms with Crippen molar-refractivity contribution in [3.63, 3.8) is 0 Å². The summed E-state index contributed by atoms with van der Waals surface area (Å²) in [6.07, 6.45) is 0.0976. The Labute approximate surface area is 190 Å². The lowest BCUT2D eigenvalue weighted by Gasteiger charge is -2.17. The summed E-state index contributed by atoms with van der Waals surface area (Å²) in [4.78, 5) is 32.4. The molecule has 3 aromatic carbocycles. The number of carbonyl (C=O) groups is 2. The number of amides is 1. The summed E-state index contributed by atoms with van der Waals surface area (Å²) >= 11 is 7.25. The molecule has 0 aromatic heterocycles. The minimum absolute atomic E-state index is 0.0945. The van der Waals surface area contributed by atoms with Gasteiger partial charge in [0, 0.05) is 17.0 Å².